The van der Waals surface area contributed by atoms with Crippen LogP contribution in [0.4, 0.5) is 10.5 Å². The number of benzene rings is 1. The van der Waals surface area contributed by atoms with Crippen molar-refractivity contribution in [3.63, 3.8) is 0 Å². The molecule has 0 aliphatic heterocycles. The molecule has 7 nitrogen and oxygen atoms in total. The van der Waals surface area contributed by atoms with E-state index in [9.17, 15) is 14.4 Å². The van der Waals surface area contributed by atoms with Crippen LogP contribution < -0.4 is 10.6 Å². The van der Waals surface area contributed by atoms with E-state index in [1.807, 2.05) is 0 Å². The Labute approximate surface area is 121 Å². The number of amides is 2. The number of hydrogen-bond acceptors (Lipinski definition) is 3. The molecule has 1 aliphatic rings. The monoisotopic (exact) mass is 292 g/mol. The van der Waals surface area contributed by atoms with Crippen LogP contribution in [0.3, 0.4) is 0 Å². The average Bonchev–Trinajstić information content (AvgIpc) is 3.12. The highest BCUT2D eigenvalue weighted by molar-refractivity contribution is 5.98. The summed E-state index contributed by atoms with van der Waals surface area (Å²) >= 11 is 0. The van der Waals surface area contributed by atoms with Crippen molar-refractivity contribution in [3.05, 3.63) is 29.3 Å². The molecule has 2 rings (SSSR count). The number of nitrogens with one attached hydrogen (secondary N) is 2. The molecule has 2 unspecified atom stereocenters. The third kappa shape index (κ3) is 3.95. The maximum absolute atomic E-state index is 11.7. The van der Waals surface area contributed by atoms with Gasteiger partial charge in [0.05, 0.1) is 11.1 Å². The van der Waals surface area contributed by atoms with Crippen molar-refractivity contribution in [1.29, 1.82) is 0 Å². The Morgan fingerprint density at radius 3 is 2.10 bits per heavy atom. The van der Waals surface area contributed by atoms with Gasteiger partial charge in [-0.15, -0.1) is 0 Å². The summed E-state index contributed by atoms with van der Waals surface area (Å²) < 4.78 is 0. The minimum Gasteiger partial charge on any atom is -0.478 e. The number of anilines is 1. The molecule has 0 radical (unpaired) electrons. The maximum Gasteiger partial charge on any atom is 0.335 e. The molecule has 1 saturated carbocycles. The van der Waals surface area contributed by atoms with Crippen LogP contribution in [0.5, 0.6) is 0 Å². The van der Waals surface area contributed by atoms with E-state index in [2.05, 4.69) is 17.6 Å². The fourth-order valence-corrected chi connectivity index (χ4v) is 2.03. The molecule has 0 saturated heterocycles. The Hall–Kier alpha value is -2.57. The number of carbonyl (C=O) groups is 3. The number of carboxylic acid groups (broad SMARTS) is 2. The number of hydrogen-bond donors (Lipinski definition) is 4. The largest absolute Gasteiger partial charge is 0.478 e. The predicted molar refractivity (Wildman–Crippen MR) is 74.7 cm³/mol. The maximum atomic E-state index is 11.7. The molecule has 1 aliphatic carbocycles. The molecule has 1 fully saturated rings. The van der Waals surface area contributed by atoms with Gasteiger partial charge in [-0.1, -0.05) is 6.92 Å². The molecule has 2 atom stereocenters. The summed E-state index contributed by atoms with van der Waals surface area (Å²) in [7, 11) is 0. The van der Waals surface area contributed by atoms with Crippen LogP contribution in [0.15, 0.2) is 18.2 Å². The summed E-state index contributed by atoms with van der Waals surface area (Å²) in [5.41, 5.74) is -0.254. The predicted octanol–water partition coefficient (Wildman–Crippen LogP) is 1.86. The number of carbonyl (C=O) groups excluding carboxylic acids is 1. The molecule has 2 amide bonds. The fourth-order valence-electron chi connectivity index (χ4n) is 2.03. The first-order valence-corrected chi connectivity index (χ1v) is 6.53. The van der Waals surface area contributed by atoms with Crippen molar-refractivity contribution >= 4 is 23.7 Å². The first kappa shape index (κ1) is 14.8. The quantitative estimate of drug-likeness (QED) is 0.661. The second kappa shape index (κ2) is 5.82. The van der Waals surface area contributed by atoms with Crippen LogP contribution >= 0.6 is 0 Å². The summed E-state index contributed by atoms with van der Waals surface area (Å²) in [6.07, 6.45) is 1.08. The average molecular weight is 292 g/mol. The van der Waals surface area contributed by atoms with Gasteiger partial charge in [0.25, 0.3) is 0 Å². The van der Waals surface area contributed by atoms with Crippen LogP contribution in [0.1, 0.15) is 34.1 Å². The molecule has 4 N–H and O–H groups in total. The molecule has 1 aromatic rings. The van der Waals surface area contributed by atoms with E-state index < -0.39 is 18.0 Å². The molecular weight excluding hydrogens is 276 g/mol. The summed E-state index contributed by atoms with van der Waals surface area (Å²) in [6.45, 7) is 2.65. The Bertz CT molecular complexity index is 567. The van der Waals surface area contributed by atoms with Gasteiger partial charge in [0.15, 0.2) is 0 Å². The van der Waals surface area contributed by atoms with Gasteiger partial charge in [0.2, 0.25) is 0 Å². The summed E-state index contributed by atoms with van der Waals surface area (Å²) in [4.78, 5) is 33.6. The van der Waals surface area contributed by atoms with E-state index in [-0.39, 0.29) is 16.8 Å². The Kier molecular flexibility index (Phi) is 4.11. The number of carboxylic acids is 2. The van der Waals surface area contributed by atoms with E-state index in [0.29, 0.717) is 18.4 Å². The summed E-state index contributed by atoms with van der Waals surface area (Å²) in [5.74, 6) is -1.42. The first-order valence-electron chi connectivity index (χ1n) is 6.53. The zero-order chi connectivity index (χ0) is 15.6. The van der Waals surface area contributed by atoms with Gasteiger partial charge < -0.3 is 20.8 Å². The molecule has 1 aromatic carbocycles. The zero-order valence-electron chi connectivity index (χ0n) is 11.4. The lowest BCUT2D eigenvalue weighted by molar-refractivity contribution is 0.0696. The van der Waals surface area contributed by atoms with Crippen molar-refractivity contribution in [2.45, 2.75) is 13.3 Å². The minimum absolute atomic E-state index is 0.133. The van der Waals surface area contributed by atoms with E-state index in [4.69, 9.17) is 10.2 Å². The van der Waals surface area contributed by atoms with Gasteiger partial charge in [-0.05, 0) is 36.5 Å². The lowest BCUT2D eigenvalue weighted by atomic mass is 10.1. The lowest BCUT2D eigenvalue weighted by Crippen LogP contribution is -2.30. The molecule has 21 heavy (non-hydrogen) atoms. The van der Waals surface area contributed by atoms with Gasteiger partial charge in [-0.2, -0.15) is 0 Å². The van der Waals surface area contributed by atoms with Gasteiger partial charge >= 0.3 is 18.0 Å². The Morgan fingerprint density at radius 2 is 1.67 bits per heavy atom. The second-order valence-corrected chi connectivity index (χ2v) is 5.22. The van der Waals surface area contributed by atoms with Crippen molar-refractivity contribution in [2.24, 2.45) is 11.8 Å². The minimum atomic E-state index is -1.26. The van der Waals surface area contributed by atoms with E-state index >= 15 is 0 Å². The molecular formula is C14H16N2O5. The second-order valence-electron chi connectivity index (χ2n) is 5.22. The normalized spacial score (nSPS) is 19.7. The lowest BCUT2D eigenvalue weighted by Gasteiger charge is -2.09. The van der Waals surface area contributed by atoms with Crippen LogP contribution in [0.2, 0.25) is 0 Å². The smallest absolute Gasteiger partial charge is 0.335 e. The Morgan fingerprint density at radius 1 is 1.14 bits per heavy atom. The van der Waals surface area contributed by atoms with Crippen molar-refractivity contribution in [3.8, 4) is 0 Å². The first-order chi connectivity index (χ1) is 9.86. The van der Waals surface area contributed by atoms with E-state index in [1.54, 1.807) is 0 Å². The highest BCUT2D eigenvalue weighted by atomic mass is 16.4. The van der Waals surface area contributed by atoms with Crippen molar-refractivity contribution in [2.75, 3.05) is 11.9 Å². The highest BCUT2D eigenvalue weighted by Crippen LogP contribution is 2.36. The Balaban J connectivity index is 2.05. The molecule has 0 spiro atoms. The van der Waals surface area contributed by atoms with Crippen LogP contribution in [-0.4, -0.2) is 34.7 Å². The molecule has 0 bridgehead atoms. The van der Waals surface area contributed by atoms with E-state index in [1.165, 1.54) is 12.1 Å². The van der Waals surface area contributed by atoms with Gasteiger partial charge in [-0.3, -0.25) is 0 Å². The summed E-state index contributed by atoms with van der Waals surface area (Å²) in [6, 6.07) is 3.00. The van der Waals surface area contributed by atoms with Crippen LogP contribution in [0, 0.1) is 11.8 Å². The number of rotatable bonds is 5. The van der Waals surface area contributed by atoms with Crippen molar-refractivity contribution < 1.29 is 24.6 Å². The third-order valence-electron chi connectivity index (χ3n) is 3.49. The zero-order valence-corrected chi connectivity index (χ0v) is 11.4. The van der Waals surface area contributed by atoms with Crippen molar-refractivity contribution in [1.82, 2.24) is 5.32 Å². The number of urea groups is 1. The molecule has 0 heterocycles. The van der Waals surface area contributed by atoms with Crippen LogP contribution in [-0.2, 0) is 0 Å². The fraction of sp³-hybridized carbons (Fsp3) is 0.357. The van der Waals surface area contributed by atoms with E-state index in [0.717, 1.165) is 12.5 Å². The third-order valence-corrected chi connectivity index (χ3v) is 3.49. The topological polar surface area (TPSA) is 116 Å². The van der Waals surface area contributed by atoms with Gasteiger partial charge in [0, 0.05) is 12.2 Å². The summed E-state index contributed by atoms with van der Waals surface area (Å²) in [5, 5.41) is 23.0. The molecule has 0 aromatic heterocycles. The van der Waals surface area contributed by atoms with Gasteiger partial charge in [0.1, 0.15) is 0 Å². The van der Waals surface area contributed by atoms with Crippen LogP contribution in [0.25, 0.3) is 0 Å². The highest BCUT2D eigenvalue weighted by Gasteiger charge is 2.32. The molecule has 112 valence electrons. The number of aromatic carboxylic acids is 2. The SMILES string of the molecule is CC1CC1CNC(=O)Nc1cc(C(=O)O)cc(C(=O)O)c1. The van der Waals surface area contributed by atoms with Gasteiger partial charge in [-0.25, -0.2) is 14.4 Å². The standard InChI is InChI=1S/C14H16N2O5/c1-7-2-10(7)6-15-14(21)16-11-4-8(12(17)18)3-9(5-11)13(19)20/h3-5,7,10H,2,6H2,1H3,(H,17,18)(H,19,20)(H2,15,16,21). The molecule has 7 heteroatoms.